The maximum Gasteiger partial charge on any atom is 0.148 e. The van der Waals surface area contributed by atoms with Crippen molar-refractivity contribution in [2.45, 2.75) is 19.5 Å². The Morgan fingerprint density at radius 3 is 2.68 bits per heavy atom. The highest BCUT2D eigenvalue weighted by Gasteiger charge is 2.23. The van der Waals surface area contributed by atoms with Gasteiger partial charge in [0.1, 0.15) is 17.8 Å². The van der Waals surface area contributed by atoms with Gasteiger partial charge in [0.15, 0.2) is 0 Å². The molecule has 1 atom stereocenters. The number of fused-ring (bicyclic) bond motifs is 1. The molecule has 1 heterocycles. The number of hydrogen-bond donors (Lipinski definition) is 3. The minimum Gasteiger partial charge on any atom is -0.382 e. The fraction of sp³-hybridized carbons (Fsp3) is 0.160. The zero-order valence-corrected chi connectivity index (χ0v) is 18.0. The third-order valence-electron chi connectivity index (χ3n) is 5.09. The molecule has 4 nitrogen and oxygen atoms in total. The Kier molecular flexibility index (Phi) is 6.23. The lowest BCUT2D eigenvalue weighted by Gasteiger charge is -2.27. The number of nitrogens with one attached hydrogen (secondary N) is 3. The molecule has 0 fully saturated rings. The van der Waals surface area contributed by atoms with E-state index in [0.29, 0.717) is 34.4 Å². The van der Waals surface area contributed by atoms with Crippen molar-refractivity contribution in [3.8, 4) is 0 Å². The Bertz CT molecular complexity index is 1140. The van der Waals surface area contributed by atoms with Crippen LogP contribution in [0.3, 0.4) is 0 Å². The van der Waals surface area contributed by atoms with Crippen molar-refractivity contribution in [1.29, 1.82) is 0 Å². The van der Waals surface area contributed by atoms with E-state index >= 15 is 0 Å². The van der Waals surface area contributed by atoms with Gasteiger partial charge < -0.3 is 16.0 Å². The fourth-order valence-corrected chi connectivity index (χ4v) is 3.79. The molecule has 0 aromatic heterocycles. The number of aliphatic imine (C=N–C) groups is 1. The molecule has 0 aliphatic carbocycles. The molecule has 1 aliphatic rings. The van der Waals surface area contributed by atoms with Crippen LogP contribution in [0.4, 0.5) is 15.8 Å². The first-order chi connectivity index (χ1) is 15.1. The third-order valence-corrected chi connectivity index (χ3v) is 5.44. The van der Waals surface area contributed by atoms with Gasteiger partial charge in [-0.1, -0.05) is 67.6 Å². The van der Waals surface area contributed by atoms with E-state index in [1.54, 1.807) is 6.07 Å². The number of anilines is 2. The third kappa shape index (κ3) is 4.42. The summed E-state index contributed by atoms with van der Waals surface area (Å²) in [5, 5.41) is 10.6. The second-order valence-electron chi connectivity index (χ2n) is 7.28. The quantitative estimate of drug-likeness (QED) is 0.418. The molecule has 0 amide bonds. The molecule has 6 heteroatoms. The maximum atomic E-state index is 14.5. The van der Waals surface area contributed by atoms with Crippen LogP contribution in [0, 0.1) is 5.82 Å². The Morgan fingerprint density at radius 1 is 1.10 bits per heavy atom. The van der Waals surface area contributed by atoms with Gasteiger partial charge in [-0.05, 0) is 30.7 Å². The molecular formula is C25H24ClFN4. The summed E-state index contributed by atoms with van der Waals surface area (Å²) in [4.78, 5) is 4.87. The van der Waals surface area contributed by atoms with Crippen LogP contribution in [-0.4, -0.2) is 12.4 Å². The molecule has 0 spiro atoms. The van der Waals surface area contributed by atoms with Crippen molar-refractivity contribution >= 4 is 34.5 Å². The Balaban J connectivity index is 1.70. The molecule has 4 rings (SSSR count). The smallest absolute Gasteiger partial charge is 0.148 e. The summed E-state index contributed by atoms with van der Waals surface area (Å²) in [6.07, 6.45) is 0.531. The van der Waals surface area contributed by atoms with Crippen LogP contribution < -0.4 is 16.0 Å². The van der Waals surface area contributed by atoms with Crippen molar-refractivity contribution in [1.82, 2.24) is 5.32 Å². The first-order valence-electron chi connectivity index (χ1n) is 10.3. The Morgan fingerprint density at radius 2 is 1.87 bits per heavy atom. The monoisotopic (exact) mass is 434 g/mol. The second kappa shape index (κ2) is 9.23. The summed E-state index contributed by atoms with van der Waals surface area (Å²) in [7, 11) is 0. The molecule has 0 radical (unpaired) electrons. The predicted molar refractivity (Wildman–Crippen MR) is 128 cm³/mol. The van der Waals surface area contributed by atoms with E-state index < -0.39 is 0 Å². The van der Waals surface area contributed by atoms with Gasteiger partial charge in [-0.3, -0.25) is 0 Å². The van der Waals surface area contributed by atoms with Gasteiger partial charge >= 0.3 is 0 Å². The molecular weight excluding hydrogens is 411 g/mol. The summed E-state index contributed by atoms with van der Waals surface area (Å²) < 4.78 is 14.5. The summed E-state index contributed by atoms with van der Waals surface area (Å²) in [6, 6.07) is 20.5. The van der Waals surface area contributed by atoms with E-state index in [9.17, 15) is 4.39 Å². The molecule has 1 unspecified atom stereocenters. The van der Waals surface area contributed by atoms with Gasteiger partial charge in [-0.25, -0.2) is 9.38 Å². The molecule has 158 valence electrons. The first kappa shape index (κ1) is 20.9. The van der Waals surface area contributed by atoms with Crippen LogP contribution in [-0.2, 0) is 0 Å². The highest BCUT2D eigenvalue weighted by atomic mass is 35.5. The molecule has 0 saturated heterocycles. The first-order valence-corrected chi connectivity index (χ1v) is 10.6. The van der Waals surface area contributed by atoms with Gasteiger partial charge in [0, 0.05) is 39.6 Å². The minimum atomic E-state index is -0.357. The average Bonchev–Trinajstić information content (AvgIpc) is 2.78. The number of benzene rings is 3. The Hall–Kier alpha value is -3.31. The number of rotatable bonds is 6. The molecule has 3 aromatic carbocycles. The van der Waals surface area contributed by atoms with Crippen LogP contribution in [0.5, 0.6) is 0 Å². The van der Waals surface area contributed by atoms with Gasteiger partial charge in [0.25, 0.3) is 0 Å². The fourth-order valence-electron chi connectivity index (χ4n) is 3.55. The molecule has 0 saturated carbocycles. The zero-order chi connectivity index (χ0) is 21.8. The standard InChI is InChI=1S/C25H24ClFN4/c1-3-15-28-23-17(11-8-13-21(23)27)16(2)29-25-19-10-5-7-14-22(19)30-24(31-25)18-9-4-6-12-20(18)26/h4-14,24,28,30H,2-3,15H2,1H3,(H,29,31). The van der Waals surface area contributed by atoms with Crippen LogP contribution in [0.2, 0.25) is 5.02 Å². The SMILES string of the molecule is C=C(NC1=NC(c2ccccc2Cl)Nc2ccccc21)c1cccc(F)c1NCCC. The molecule has 3 N–H and O–H groups in total. The topological polar surface area (TPSA) is 48.5 Å². The lowest BCUT2D eigenvalue weighted by molar-refractivity contribution is 0.629. The minimum absolute atomic E-state index is 0.310. The molecule has 1 aliphatic heterocycles. The summed E-state index contributed by atoms with van der Waals surface area (Å²) in [5.74, 6) is 0.338. The number of para-hydroxylation sites is 2. The van der Waals surface area contributed by atoms with E-state index in [4.69, 9.17) is 16.6 Å². The van der Waals surface area contributed by atoms with E-state index in [-0.39, 0.29) is 12.0 Å². The Labute approximate surface area is 186 Å². The second-order valence-corrected chi connectivity index (χ2v) is 7.69. The number of halogens is 2. The van der Waals surface area contributed by atoms with E-state index in [2.05, 4.69) is 22.5 Å². The maximum absolute atomic E-state index is 14.5. The zero-order valence-electron chi connectivity index (χ0n) is 17.3. The van der Waals surface area contributed by atoms with Crippen molar-refractivity contribution in [2.75, 3.05) is 17.2 Å². The number of amidine groups is 1. The van der Waals surface area contributed by atoms with E-state index in [1.165, 1.54) is 6.07 Å². The molecule has 31 heavy (non-hydrogen) atoms. The van der Waals surface area contributed by atoms with Gasteiger partial charge in [-0.15, -0.1) is 0 Å². The van der Waals surface area contributed by atoms with Crippen LogP contribution >= 0.6 is 11.6 Å². The van der Waals surface area contributed by atoms with Crippen molar-refractivity contribution < 1.29 is 4.39 Å². The largest absolute Gasteiger partial charge is 0.382 e. The lowest BCUT2D eigenvalue weighted by atomic mass is 10.1. The van der Waals surface area contributed by atoms with E-state index in [0.717, 1.165) is 23.2 Å². The normalized spacial score (nSPS) is 14.8. The summed E-state index contributed by atoms with van der Waals surface area (Å²) >= 11 is 6.42. The predicted octanol–water partition coefficient (Wildman–Crippen LogP) is 6.43. The van der Waals surface area contributed by atoms with Crippen molar-refractivity contribution in [3.63, 3.8) is 0 Å². The van der Waals surface area contributed by atoms with Gasteiger partial charge in [-0.2, -0.15) is 0 Å². The highest BCUT2D eigenvalue weighted by Crippen LogP contribution is 2.33. The highest BCUT2D eigenvalue weighted by molar-refractivity contribution is 6.31. The average molecular weight is 435 g/mol. The van der Waals surface area contributed by atoms with Crippen LogP contribution in [0.15, 0.2) is 78.3 Å². The van der Waals surface area contributed by atoms with Crippen molar-refractivity contribution in [2.24, 2.45) is 4.99 Å². The molecule has 3 aromatic rings. The number of hydrogen-bond acceptors (Lipinski definition) is 4. The van der Waals surface area contributed by atoms with Crippen molar-refractivity contribution in [3.05, 3.63) is 101 Å². The van der Waals surface area contributed by atoms with Crippen LogP contribution in [0.1, 0.15) is 36.2 Å². The van der Waals surface area contributed by atoms with Gasteiger partial charge in [0.05, 0.1) is 5.69 Å². The molecule has 0 bridgehead atoms. The summed E-state index contributed by atoms with van der Waals surface area (Å²) in [6.45, 7) is 6.88. The van der Waals surface area contributed by atoms with Crippen LogP contribution in [0.25, 0.3) is 5.70 Å². The lowest BCUT2D eigenvalue weighted by Crippen LogP contribution is -2.30. The summed E-state index contributed by atoms with van der Waals surface area (Å²) in [5.41, 5.74) is 4.38. The number of nitrogens with zero attached hydrogens (tertiary/aromatic N) is 1. The van der Waals surface area contributed by atoms with E-state index in [1.807, 2.05) is 61.5 Å². The van der Waals surface area contributed by atoms with Gasteiger partial charge in [0.2, 0.25) is 0 Å².